The maximum Gasteiger partial charge on any atom is 0.169 e. The standard InChI is InChI=1S/C14H14OS/c1-9-6-10(2)8-12(7-9)14-5-4-13(16-14)11(3)15/h4-8H,1-3H3. The van der Waals surface area contributed by atoms with E-state index in [2.05, 4.69) is 32.0 Å². The summed E-state index contributed by atoms with van der Waals surface area (Å²) in [6.07, 6.45) is 0. The van der Waals surface area contributed by atoms with Gasteiger partial charge in [0, 0.05) is 4.88 Å². The van der Waals surface area contributed by atoms with E-state index >= 15 is 0 Å². The molecule has 0 bridgehead atoms. The Hall–Kier alpha value is -1.41. The largest absolute Gasteiger partial charge is 0.294 e. The molecule has 1 heterocycles. The molecule has 2 aromatic rings. The van der Waals surface area contributed by atoms with E-state index < -0.39 is 0 Å². The van der Waals surface area contributed by atoms with Gasteiger partial charge in [-0.1, -0.05) is 29.3 Å². The molecule has 0 N–H and O–H groups in total. The molecule has 1 nitrogen and oxygen atoms in total. The fourth-order valence-electron chi connectivity index (χ4n) is 1.80. The van der Waals surface area contributed by atoms with E-state index in [1.807, 2.05) is 12.1 Å². The molecular formula is C14H14OS. The van der Waals surface area contributed by atoms with Crippen LogP contribution in [0, 0.1) is 13.8 Å². The van der Waals surface area contributed by atoms with Crippen molar-refractivity contribution in [3.63, 3.8) is 0 Å². The van der Waals surface area contributed by atoms with Crippen molar-refractivity contribution in [2.75, 3.05) is 0 Å². The van der Waals surface area contributed by atoms with Gasteiger partial charge in [0.05, 0.1) is 4.88 Å². The molecule has 16 heavy (non-hydrogen) atoms. The van der Waals surface area contributed by atoms with Crippen LogP contribution in [0.2, 0.25) is 0 Å². The molecule has 1 aromatic heterocycles. The predicted molar refractivity (Wildman–Crippen MR) is 69.2 cm³/mol. The van der Waals surface area contributed by atoms with E-state index in [4.69, 9.17) is 0 Å². The minimum atomic E-state index is 0.139. The van der Waals surface area contributed by atoms with Crippen molar-refractivity contribution in [3.05, 3.63) is 46.3 Å². The van der Waals surface area contributed by atoms with Crippen LogP contribution in [0.1, 0.15) is 27.7 Å². The lowest BCUT2D eigenvalue weighted by Gasteiger charge is -2.02. The second-order valence-corrected chi connectivity index (χ2v) is 5.18. The summed E-state index contributed by atoms with van der Waals surface area (Å²) in [6.45, 7) is 5.79. The fraction of sp³-hybridized carbons (Fsp3) is 0.214. The van der Waals surface area contributed by atoms with Crippen LogP contribution >= 0.6 is 11.3 Å². The molecular weight excluding hydrogens is 216 g/mol. The molecule has 2 heteroatoms. The zero-order valence-corrected chi connectivity index (χ0v) is 10.5. The first-order valence-corrected chi connectivity index (χ1v) is 6.07. The van der Waals surface area contributed by atoms with Crippen molar-refractivity contribution in [3.8, 4) is 10.4 Å². The Labute approximate surface area is 99.8 Å². The number of aryl methyl sites for hydroxylation is 2. The average molecular weight is 230 g/mol. The molecule has 0 atom stereocenters. The molecule has 0 saturated carbocycles. The summed E-state index contributed by atoms with van der Waals surface area (Å²) in [5.41, 5.74) is 3.72. The van der Waals surface area contributed by atoms with E-state index in [9.17, 15) is 4.79 Å². The second kappa shape index (κ2) is 4.22. The molecule has 1 aromatic carbocycles. The smallest absolute Gasteiger partial charge is 0.169 e. The summed E-state index contributed by atoms with van der Waals surface area (Å²) in [6, 6.07) is 10.4. The maximum atomic E-state index is 11.2. The lowest BCUT2D eigenvalue weighted by Crippen LogP contribution is -1.83. The molecule has 0 saturated heterocycles. The fourth-order valence-corrected chi connectivity index (χ4v) is 2.69. The van der Waals surface area contributed by atoms with E-state index in [0.29, 0.717) is 0 Å². The number of Topliss-reactive ketones (excluding diaryl/α,β-unsaturated/α-hetero) is 1. The number of benzene rings is 1. The molecule has 0 aliphatic heterocycles. The predicted octanol–water partition coefficient (Wildman–Crippen LogP) is 4.23. The molecule has 0 aliphatic carbocycles. The van der Waals surface area contributed by atoms with Gasteiger partial charge in [-0.05, 0) is 38.5 Å². The van der Waals surface area contributed by atoms with E-state index in [-0.39, 0.29) is 5.78 Å². The maximum absolute atomic E-state index is 11.2. The molecule has 0 radical (unpaired) electrons. The van der Waals surface area contributed by atoms with Gasteiger partial charge >= 0.3 is 0 Å². The summed E-state index contributed by atoms with van der Waals surface area (Å²) in [5, 5.41) is 0. The lowest BCUT2D eigenvalue weighted by molar-refractivity contribution is 0.102. The van der Waals surface area contributed by atoms with Gasteiger partial charge in [0.2, 0.25) is 0 Å². The van der Waals surface area contributed by atoms with Gasteiger partial charge in [-0.3, -0.25) is 4.79 Å². The normalized spacial score (nSPS) is 10.4. The third-order valence-corrected chi connectivity index (χ3v) is 3.69. The quantitative estimate of drug-likeness (QED) is 0.705. The molecule has 0 fully saturated rings. The molecule has 0 amide bonds. The Kier molecular flexibility index (Phi) is 2.92. The van der Waals surface area contributed by atoms with Crippen molar-refractivity contribution < 1.29 is 4.79 Å². The summed E-state index contributed by atoms with van der Waals surface area (Å²) in [7, 11) is 0. The molecule has 0 unspecified atom stereocenters. The van der Waals surface area contributed by atoms with Gasteiger partial charge in [-0.2, -0.15) is 0 Å². The van der Waals surface area contributed by atoms with E-state index in [1.165, 1.54) is 16.7 Å². The summed E-state index contributed by atoms with van der Waals surface area (Å²) in [4.78, 5) is 13.2. The molecule has 0 spiro atoms. The Bertz CT molecular complexity index is 517. The molecule has 82 valence electrons. The van der Waals surface area contributed by atoms with E-state index in [0.717, 1.165) is 9.75 Å². The van der Waals surface area contributed by atoms with Gasteiger partial charge in [-0.15, -0.1) is 11.3 Å². The first-order chi connectivity index (χ1) is 7.56. The van der Waals surface area contributed by atoms with Crippen molar-refractivity contribution in [1.29, 1.82) is 0 Å². The highest BCUT2D eigenvalue weighted by Crippen LogP contribution is 2.29. The topological polar surface area (TPSA) is 17.1 Å². The van der Waals surface area contributed by atoms with Crippen LogP contribution in [0.5, 0.6) is 0 Å². The van der Waals surface area contributed by atoms with Gasteiger partial charge in [0.15, 0.2) is 5.78 Å². The lowest BCUT2D eigenvalue weighted by atomic mass is 10.1. The summed E-state index contributed by atoms with van der Waals surface area (Å²) >= 11 is 1.56. The third kappa shape index (κ3) is 2.22. The minimum Gasteiger partial charge on any atom is -0.294 e. The number of hydrogen-bond donors (Lipinski definition) is 0. The Morgan fingerprint density at radius 2 is 1.69 bits per heavy atom. The summed E-state index contributed by atoms with van der Waals surface area (Å²) < 4.78 is 0. The van der Waals surface area contributed by atoms with Crippen LogP contribution < -0.4 is 0 Å². The van der Waals surface area contributed by atoms with Crippen molar-refractivity contribution in [2.24, 2.45) is 0 Å². The van der Waals surface area contributed by atoms with Crippen molar-refractivity contribution in [1.82, 2.24) is 0 Å². The number of carbonyl (C=O) groups is 1. The number of rotatable bonds is 2. The van der Waals surface area contributed by atoms with Crippen LogP contribution in [0.25, 0.3) is 10.4 Å². The number of carbonyl (C=O) groups excluding carboxylic acids is 1. The Morgan fingerprint density at radius 3 is 2.19 bits per heavy atom. The SMILES string of the molecule is CC(=O)c1ccc(-c2cc(C)cc(C)c2)s1. The van der Waals surface area contributed by atoms with Gasteiger partial charge in [0.25, 0.3) is 0 Å². The van der Waals surface area contributed by atoms with Crippen molar-refractivity contribution >= 4 is 17.1 Å². The zero-order chi connectivity index (χ0) is 11.7. The highest BCUT2D eigenvalue weighted by Gasteiger charge is 2.06. The average Bonchev–Trinajstić information content (AvgIpc) is 2.64. The molecule has 0 aliphatic rings. The number of thiophene rings is 1. The van der Waals surface area contributed by atoms with E-state index in [1.54, 1.807) is 18.3 Å². The van der Waals surface area contributed by atoms with Crippen LogP contribution in [0.4, 0.5) is 0 Å². The summed E-state index contributed by atoms with van der Waals surface area (Å²) in [5.74, 6) is 0.139. The minimum absolute atomic E-state index is 0.139. The Balaban J connectivity index is 2.46. The highest BCUT2D eigenvalue weighted by molar-refractivity contribution is 7.17. The van der Waals surface area contributed by atoms with Crippen LogP contribution in [0.3, 0.4) is 0 Å². The van der Waals surface area contributed by atoms with Crippen molar-refractivity contribution in [2.45, 2.75) is 20.8 Å². The highest BCUT2D eigenvalue weighted by atomic mass is 32.1. The Morgan fingerprint density at radius 1 is 1.06 bits per heavy atom. The third-order valence-electron chi connectivity index (χ3n) is 2.46. The van der Waals surface area contributed by atoms with Crippen LogP contribution in [-0.2, 0) is 0 Å². The monoisotopic (exact) mass is 230 g/mol. The van der Waals surface area contributed by atoms with Gasteiger partial charge in [0.1, 0.15) is 0 Å². The van der Waals surface area contributed by atoms with Gasteiger partial charge < -0.3 is 0 Å². The second-order valence-electron chi connectivity index (χ2n) is 4.10. The first-order valence-electron chi connectivity index (χ1n) is 5.26. The molecule has 2 rings (SSSR count). The van der Waals surface area contributed by atoms with Gasteiger partial charge in [-0.25, -0.2) is 0 Å². The van der Waals surface area contributed by atoms with Crippen LogP contribution in [0.15, 0.2) is 30.3 Å². The van der Waals surface area contributed by atoms with Crippen LogP contribution in [-0.4, -0.2) is 5.78 Å². The first kappa shape index (κ1) is 11.1. The number of ketones is 1. The number of hydrogen-bond acceptors (Lipinski definition) is 2. The zero-order valence-electron chi connectivity index (χ0n) is 9.70.